The molecule has 0 aliphatic carbocycles. The molecule has 0 amide bonds. The van der Waals surface area contributed by atoms with Crippen LogP contribution in [0.25, 0.3) is 0 Å². The molecule has 0 saturated carbocycles. The molecule has 0 aromatic rings. The molecule has 2 saturated heterocycles. The Balaban J connectivity index is 1.57. The van der Waals surface area contributed by atoms with E-state index in [0.717, 1.165) is 51.4 Å². The van der Waals surface area contributed by atoms with Crippen LogP contribution in [-0.4, -0.2) is 44.5 Å². The molecule has 2 aliphatic heterocycles. The Bertz CT molecular complexity index is 290. The summed E-state index contributed by atoms with van der Waals surface area (Å²) in [7, 11) is 0. The van der Waals surface area contributed by atoms with Gasteiger partial charge in [-0.1, -0.05) is 0 Å². The van der Waals surface area contributed by atoms with Gasteiger partial charge < -0.3 is 20.5 Å². The van der Waals surface area contributed by atoms with Gasteiger partial charge in [-0.05, 0) is 44.9 Å². The van der Waals surface area contributed by atoms with Gasteiger partial charge in [0.1, 0.15) is 0 Å². The van der Waals surface area contributed by atoms with Gasteiger partial charge in [-0.15, -0.1) is 0 Å². The largest absolute Gasteiger partial charge is 0.378 e. The summed E-state index contributed by atoms with van der Waals surface area (Å²) in [4.78, 5) is 4.34. The highest BCUT2D eigenvalue weighted by Crippen LogP contribution is 2.22. The van der Waals surface area contributed by atoms with E-state index in [1.54, 1.807) is 0 Å². The van der Waals surface area contributed by atoms with Crippen LogP contribution in [0.3, 0.4) is 0 Å². The number of aliphatic imine (C=N–C) groups is 1. The highest BCUT2D eigenvalue weighted by Gasteiger charge is 2.19. The van der Waals surface area contributed by atoms with Gasteiger partial charge in [0.15, 0.2) is 5.96 Å². The van der Waals surface area contributed by atoms with Gasteiger partial charge in [-0.2, -0.15) is 0 Å². The van der Waals surface area contributed by atoms with Gasteiger partial charge in [0, 0.05) is 19.8 Å². The lowest BCUT2D eigenvalue weighted by atomic mass is 9.93. The van der Waals surface area contributed by atoms with E-state index < -0.39 is 0 Å². The SMILES string of the molecule is CC1CC(CCNC(N)=NCC2CCCO2)CCO1. The van der Waals surface area contributed by atoms with Gasteiger partial charge in [0.25, 0.3) is 0 Å². The molecule has 5 heteroatoms. The highest BCUT2D eigenvalue weighted by atomic mass is 16.5. The minimum atomic E-state index is 0.275. The van der Waals surface area contributed by atoms with Gasteiger partial charge in [0.05, 0.1) is 18.8 Å². The minimum Gasteiger partial charge on any atom is -0.378 e. The van der Waals surface area contributed by atoms with E-state index in [9.17, 15) is 0 Å². The Labute approximate surface area is 115 Å². The standard InChI is InChI=1S/C14H27N3O2/c1-11-9-12(5-8-18-11)4-6-16-14(15)17-10-13-3-2-7-19-13/h11-13H,2-10H2,1H3,(H3,15,16,17). The number of rotatable bonds is 5. The van der Waals surface area contributed by atoms with Crippen LogP contribution in [0.5, 0.6) is 0 Å². The van der Waals surface area contributed by atoms with Crippen molar-refractivity contribution in [2.75, 3.05) is 26.3 Å². The second-order valence-corrected chi connectivity index (χ2v) is 5.65. The molecule has 0 radical (unpaired) electrons. The van der Waals surface area contributed by atoms with Crippen LogP contribution < -0.4 is 11.1 Å². The van der Waals surface area contributed by atoms with Crippen molar-refractivity contribution in [3.8, 4) is 0 Å². The Kier molecular flexibility index (Phi) is 5.92. The molecule has 3 N–H and O–H groups in total. The summed E-state index contributed by atoms with van der Waals surface area (Å²) in [5.41, 5.74) is 5.85. The number of guanidine groups is 1. The van der Waals surface area contributed by atoms with Crippen molar-refractivity contribution in [2.24, 2.45) is 16.6 Å². The van der Waals surface area contributed by atoms with E-state index in [1.807, 2.05) is 0 Å². The van der Waals surface area contributed by atoms with E-state index in [1.165, 1.54) is 6.42 Å². The lowest BCUT2D eigenvalue weighted by molar-refractivity contribution is 0.00123. The van der Waals surface area contributed by atoms with Gasteiger partial charge >= 0.3 is 0 Å². The molecule has 5 nitrogen and oxygen atoms in total. The van der Waals surface area contributed by atoms with E-state index >= 15 is 0 Å². The number of nitrogens with one attached hydrogen (secondary N) is 1. The lowest BCUT2D eigenvalue weighted by Crippen LogP contribution is -2.35. The molecule has 3 unspecified atom stereocenters. The Hall–Kier alpha value is -0.810. The third kappa shape index (κ3) is 5.37. The maximum Gasteiger partial charge on any atom is 0.188 e. The first-order valence-electron chi connectivity index (χ1n) is 7.51. The van der Waals surface area contributed by atoms with E-state index in [2.05, 4.69) is 17.2 Å². The Morgan fingerprint density at radius 2 is 2.21 bits per heavy atom. The first-order chi connectivity index (χ1) is 9.24. The fourth-order valence-electron chi connectivity index (χ4n) is 2.80. The summed E-state index contributed by atoms with van der Waals surface area (Å²) in [6.45, 7) is 5.51. The number of ether oxygens (including phenoxy) is 2. The van der Waals surface area contributed by atoms with Crippen molar-refractivity contribution in [3.63, 3.8) is 0 Å². The monoisotopic (exact) mass is 269 g/mol. The average molecular weight is 269 g/mol. The summed E-state index contributed by atoms with van der Waals surface area (Å²) in [6.07, 6.45) is 6.41. The quantitative estimate of drug-likeness (QED) is 0.582. The fraction of sp³-hybridized carbons (Fsp3) is 0.929. The zero-order valence-electron chi connectivity index (χ0n) is 11.9. The van der Waals surface area contributed by atoms with E-state index in [0.29, 0.717) is 18.6 Å². The molecule has 0 aromatic carbocycles. The molecule has 0 aromatic heterocycles. The van der Waals surface area contributed by atoms with Crippen LogP contribution in [0.2, 0.25) is 0 Å². The molecule has 3 atom stereocenters. The molecule has 2 heterocycles. The Morgan fingerprint density at radius 3 is 2.95 bits per heavy atom. The van der Waals surface area contributed by atoms with Crippen LogP contribution in [0.15, 0.2) is 4.99 Å². The molecule has 2 rings (SSSR count). The second-order valence-electron chi connectivity index (χ2n) is 5.65. The molecule has 0 bridgehead atoms. The normalized spacial score (nSPS) is 32.5. The van der Waals surface area contributed by atoms with Crippen LogP contribution in [0.4, 0.5) is 0 Å². The molecule has 0 spiro atoms. The summed E-state index contributed by atoms with van der Waals surface area (Å²) in [6, 6.07) is 0. The molecule has 110 valence electrons. The Morgan fingerprint density at radius 1 is 1.32 bits per heavy atom. The van der Waals surface area contributed by atoms with Crippen molar-refractivity contribution in [1.82, 2.24) is 5.32 Å². The first kappa shape index (κ1) is 14.6. The van der Waals surface area contributed by atoms with Crippen LogP contribution in [-0.2, 0) is 9.47 Å². The predicted molar refractivity (Wildman–Crippen MR) is 76.2 cm³/mol. The summed E-state index contributed by atoms with van der Waals surface area (Å²) >= 11 is 0. The second kappa shape index (κ2) is 7.70. The maximum atomic E-state index is 5.85. The highest BCUT2D eigenvalue weighted by molar-refractivity contribution is 5.77. The average Bonchev–Trinajstić information content (AvgIpc) is 2.89. The molecular weight excluding hydrogens is 242 g/mol. The lowest BCUT2D eigenvalue weighted by Gasteiger charge is -2.27. The van der Waals surface area contributed by atoms with Crippen LogP contribution >= 0.6 is 0 Å². The van der Waals surface area contributed by atoms with Crippen molar-refractivity contribution in [3.05, 3.63) is 0 Å². The van der Waals surface area contributed by atoms with Gasteiger partial charge in [-0.3, -0.25) is 4.99 Å². The van der Waals surface area contributed by atoms with Crippen molar-refractivity contribution >= 4 is 5.96 Å². The zero-order valence-corrected chi connectivity index (χ0v) is 11.9. The number of hydrogen-bond donors (Lipinski definition) is 2. The zero-order chi connectivity index (χ0) is 13.5. The van der Waals surface area contributed by atoms with Crippen molar-refractivity contribution in [1.29, 1.82) is 0 Å². The smallest absolute Gasteiger partial charge is 0.188 e. The topological polar surface area (TPSA) is 68.9 Å². The van der Waals surface area contributed by atoms with Crippen LogP contribution in [0, 0.1) is 5.92 Å². The number of hydrogen-bond acceptors (Lipinski definition) is 3. The van der Waals surface area contributed by atoms with Gasteiger partial charge in [-0.25, -0.2) is 0 Å². The van der Waals surface area contributed by atoms with Crippen molar-refractivity contribution in [2.45, 2.75) is 51.2 Å². The van der Waals surface area contributed by atoms with E-state index in [4.69, 9.17) is 15.2 Å². The summed E-state index contributed by atoms with van der Waals surface area (Å²) in [5.74, 6) is 1.30. The maximum absolute atomic E-state index is 5.85. The summed E-state index contributed by atoms with van der Waals surface area (Å²) < 4.78 is 11.1. The molecule has 2 fully saturated rings. The predicted octanol–water partition coefficient (Wildman–Crippen LogP) is 1.27. The van der Waals surface area contributed by atoms with Crippen LogP contribution in [0.1, 0.15) is 39.0 Å². The third-order valence-corrected chi connectivity index (χ3v) is 3.94. The molecular formula is C14H27N3O2. The molecule has 19 heavy (non-hydrogen) atoms. The van der Waals surface area contributed by atoms with Gasteiger partial charge in [0.2, 0.25) is 0 Å². The van der Waals surface area contributed by atoms with Crippen molar-refractivity contribution < 1.29 is 9.47 Å². The third-order valence-electron chi connectivity index (χ3n) is 3.94. The van der Waals surface area contributed by atoms with E-state index in [-0.39, 0.29) is 6.10 Å². The number of nitrogens with two attached hydrogens (primary N) is 1. The molecule has 2 aliphatic rings. The first-order valence-corrected chi connectivity index (χ1v) is 7.51. The number of nitrogens with zero attached hydrogens (tertiary/aromatic N) is 1. The fourth-order valence-corrected chi connectivity index (χ4v) is 2.80. The summed E-state index contributed by atoms with van der Waals surface area (Å²) in [5, 5.41) is 3.20. The minimum absolute atomic E-state index is 0.275.